The Morgan fingerprint density at radius 1 is 0.781 bits per heavy atom. The zero-order valence-corrected chi connectivity index (χ0v) is 18.1. The first kappa shape index (κ1) is 20.1. The minimum absolute atomic E-state index is 0.0370. The largest absolute Gasteiger partial charge is 0.508 e. The Labute approximate surface area is 187 Å². The van der Waals surface area contributed by atoms with Crippen molar-refractivity contribution in [3.05, 3.63) is 107 Å². The van der Waals surface area contributed by atoms with E-state index in [1.807, 2.05) is 24.3 Å². The SMILES string of the molecule is CC1(C)CC=C(c2ccc(O)cc2)c2cc3cc(-c4ccc(C(=O)O)cc4)ccc3cc21. The number of phenolic OH excluding ortho intramolecular Hbond substituents is 1. The molecular formula is C29H24O3. The predicted octanol–water partition coefficient (Wildman–Crippen LogP) is 7.02. The lowest BCUT2D eigenvalue weighted by molar-refractivity contribution is 0.0697. The normalized spacial score (nSPS) is 14.6. The van der Waals surface area contributed by atoms with Crippen molar-refractivity contribution in [1.82, 2.24) is 0 Å². The third-order valence-electron chi connectivity index (χ3n) is 6.46. The fourth-order valence-electron chi connectivity index (χ4n) is 4.56. The molecule has 0 aromatic heterocycles. The fraction of sp³-hybridized carbons (Fsp3) is 0.138. The zero-order valence-electron chi connectivity index (χ0n) is 18.1. The molecule has 158 valence electrons. The number of allylic oxidation sites excluding steroid dienone is 1. The molecule has 0 saturated carbocycles. The second kappa shape index (κ2) is 7.38. The highest BCUT2D eigenvalue weighted by molar-refractivity contribution is 5.95. The van der Waals surface area contributed by atoms with Crippen LogP contribution in [0.25, 0.3) is 27.5 Å². The Hall–Kier alpha value is -3.85. The minimum atomic E-state index is -0.919. The summed E-state index contributed by atoms with van der Waals surface area (Å²) in [5, 5.41) is 21.2. The van der Waals surface area contributed by atoms with Gasteiger partial charge in [0.05, 0.1) is 5.56 Å². The van der Waals surface area contributed by atoms with Crippen LogP contribution in [0, 0.1) is 0 Å². The summed E-state index contributed by atoms with van der Waals surface area (Å²) in [7, 11) is 0. The third-order valence-corrected chi connectivity index (χ3v) is 6.46. The quantitative estimate of drug-likeness (QED) is 0.374. The molecule has 0 fully saturated rings. The number of hydrogen-bond donors (Lipinski definition) is 2. The van der Waals surface area contributed by atoms with Crippen molar-refractivity contribution in [2.45, 2.75) is 25.7 Å². The van der Waals surface area contributed by atoms with E-state index in [1.165, 1.54) is 22.1 Å². The highest BCUT2D eigenvalue weighted by Crippen LogP contribution is 2.43. The number of aromatic hydroxyl groups is 1. The van der Waals surface area contributed by atoms with Crippen LogP contribution in [-0.4, -0.2) is 16.2 Å². The van der Waals surface area contributed by atoms with Crippen LogP contribution >= 0.6 is 0 Å². The van der Waals surface area contributed by atoms with E-state index in [1.54, 1.807) is 24.3 Å². The van der Waals surface area contributed by atoms with Gasteiger partial charge in [0.25, 0.3) is 0 Å². The van der Waals surface area contributed by atoms with Crippen molar-refractivity contribution in [2.24, 2.45) is 0 Å². The van der Waals surface area contributed by atoms with Gasteiger partial charge in [-0.3, -0.25) is 0 Å². The molecule has 5 rings (SSSR count). The van der Waals surface area contributed by atoms with Crippen LogP contribution in [0.15, 0.2) is 84.9 Å². The molecule has 3 nitrogen and oxygen atoms in total. The second-order valence-corrected chi connectivity index (χ2v) is 9.09. The molecule has 0 amide bonds. The molecule has 1 aliphatic rings. The molecule has 2 N–H and O–H groups in total. The Morgan fingerprint density at radius 2 is 1.44 bits per heavy atom. The molecule has 3 heteroatoms. The van der Waals surface area contributed by atoms with Gasteiger partial charge in [-0.25, -0.2) is 4.79 Å². The summed E-state index contributed by atoms with van der Waals surface area (Å²) in [6, 6.07) is 25.4. The first-order valence-corrected chi connectivity index (χ1v) is 10.7. The highest BCUT2D eigenvalue weighted by atomic mass is 16.4. The molecule has 1 aliphatic carbocycles. The van der Waals surface area contributed by atoms with E-state index in [4.69, 9.17) is 5.11 Å². The molecule has 0 unspecified atom stereocenters. The topological polar surface area (TPSA) is 57.5 Å². The van der Waals surface area contributed by atoms with Crippen molar-refractivity contribution < 1.29 is 15.0 Å². The van der Waals surface area contributed by atoms with Gasteiger partial charge in [0.15, 0.2) is 0 Å². The van der Waals surface area contributed by atoms with Gasteiger partial charge < -0.3 is 10.2 Å². The maximum Gasteiger partial charge on any atom is 0.335 e. The predicted molar refractivity (Wildman–Crippen MR) is 129 cm³/mol. The van der Waals surface area contributed by atoms with E-state index in [0.717, 1.165) is 28.5 Å². The number of phenols is 1. The van der Waals surface area contributed by atoms with Crippen LogP contribution in [-0.2, 0) is 5.41 Å². The fourth-order valence-corrected chi connectivity index (χ4v) is 4.56. The number of rotatable bonds is 3. The average molecular weight is 421 g/mol. The van der Waals surface area contributed by atoms with Gasteiger partial charge in [-0.2, -0.15) is 0 Å². The molecule has 0 bridgehead atoms. The smallest absolute Gasteiger partial charge is 0.335 e. The number of carboxylic acids is 1. The molecule has 0 radical (unpaired) electrons. The van der Waals surface area contributed by atoms with E-state index in [2.05, 4.69) is 50.3 Å². The maximum atomic E-state index is 11.2. The van der Waals surface area contributed by atoms with E-state index < -0.39 is 5.97 Å². The molecule has 0 aliphatic heterocycles. The van der Waals surface area contributed by atoms with Crippen LogP contribution in [0.5, 0.6) is 5.75 Å². The van der Waals surface area contributed by atoms with Crippen LogP contribution in [0.3, 0.4) is 0 Å². The first-order chi connectivity index (χ1) is 15.3. The lowest BCUT2D eigenvalue weighted by atomic mass is 9.71. The van der Waals surface area contributed by atoms with E-state index in [9.17, 15) is 9.90 Å². The van der Waals surface area contributed by atoms with Crippen molar-refractivity contribution >= 4 is 22.3 Å². The van der Waals surface area contributed by atoms with Crippen molar-refractivity contribution in [3.8, 4) is 16.9 Å². The molecule has 0 saturated heterocycles. The number of benzene rings is 4. The lowest BCUT2D eigenvalue weighted by Gasteiger charge is -2.33. The lowest BCUT2D eigenvalue weighted by Crippen LogP contribution is -2.21. The van der Waals surface area contributed by atoms with Crippen molar-refractivity contribution in [1.29, 1.82) is 0 Å². The summed E-state index contributed by atoms with van der Waals surface area (Å²) in [5.41, 5.74) is 7.21. The molecule has 4 aromatic rings. The van der Waals surface area contributed by atoms with Gasteiger partial charge in [0, 0.05) is 0 Å². The monoisotopic (exact) mass is 420 g/mol. The van der Waals surface area contributed by atoms with Gasteiger partial charge >= 0.3 is 5.97 Å². The summed E-state index contributed by atoms with van der Waals surface area (Å²) in [6.07, 6.45) is 3.25. The van der Waals surface area contributed by atoms with E-state index >= 15 is 0 Å². The highest BCUT2D eigenvalue weighted by Gasteiger charge is 2.29. The summed E-state index contributed by atoms with van der Waals surface area (Å²) in [5.74, 6) is -0.652. The van der Waals surface area contributed by atoms with Crippen LogP contribution in [0.4, 0.5) is 0 Å². The first-order valence-electron chi connectivity index (χ1n) is 10.7. The van der Waals surface area contributed by atoms with Crippen LogP contribution in [0.1, 0.15) is 47.3 Å². The summed E-state index contributed by atoms with van der Waals surface area (Å²) >= 11 is 0. The van der Waals surface area contributed by atoms with Gasteiger partial charge in [-0.15, -0.1) is 0 Å². The maximum absolute atomic E-state index is 11.2. The second-order valence-electron chi connectivity index (χ2n) is 9.09. The average Bonchev–Trinajstić information content (AvgIpc) is 2.79. The molecule has 0 atom stereocenters. The minimum Gasteiger partial charge on any atom is -0.508 e. The van der Waals surface area contributed by atoms with Crippen molar-refractivity contribution in [3.63, 3.8) is 0 Å². The summed E-state index contributed by atoms with van der Waals surface area (Å²) < 4.78 is 0. The third kappa shape index (κ3) is 3.46. The Balaban J connectivity index is 1.64. The molecule has 32 heavy (non-hydrogen) atoms. The Morgan fingerprint density at radius 3 is 2.12 bits per heavy atom. The summed E-state index contributed by atoms with van der Waals surface area (Å²) in [4.78, 5) is 11.2. The number of carbonyl (C=O) groups is 1. The zero-order chi connectivity index (χ0) is 22.5. The van der Waals surface area contributed by atoms with Gasteiger partial charge in [-0.1, -0.05) is 56.3 Å². The summed E-state index contributed by atoms with van der Waals surface area (Å²) in [6.45, 7) is 4.56. The van der Waals surface area contributed by atoms with E-state index in [-0.39, 0.29) is 16.7 Å². The number of fused-ring (bicyclic) bond motifs is 2. The van der Waals surface area contributed by atoms with Gasteiger partial charge in [0.2, 0.25) is 0 Å². The molecule has 4 aromatic carbocycles. The molecule has 0 spiro atoms. The van der Waals surface area contributed by atoms with E-state index in [0.29, 0.717) is 0 Å². The Bertz CT molecular complexity index is 1370. The standard InChI is InChI=1S/C29H24O3/c1-29(2)14-13-25(19-9-11-24(30)12-10-19)26-16-23-15-21(7-8-22(23)17-27(26)29)18-3-5-20(6-4-18)28(31)32/h3-13,15-17,30H,14H2,1-2H3,(H,31,32). The number of aromatic carboxylic acids is 1. The van der Waals surface area contributed by atoms with Gasteiger partial charge in [0.1, 0.15) is 5.75 Å². The Kier molecular flexibility index (Phi) is 4.63. The van der Waals surface area contributed by atoms with Crippen LogP contribution < -0.4 is 0 Å². The van der Waals surface area contributed by atoms with Crippen molar-refractivity contribution in [2.75, 3.05) is 0 Å². The number of carboxylic acid groups (broad SMARTS) is 1. The molecular weight excluding hydrogens is 396 g/mol. The van der Waals surface area contributed by atoms with Gasteiger partial charge in [-0.05, 0) is 98.5 Å². The molecule has 0 heterocycles. The number of hydrogen-bond acceptors (Lipinski definition) is 2. The van der Waals surface area contributed by atoms with Crippen LogP contribution in [0.2, 0.25) is 0 Å².